The first-order valence-corrected chi connectivity index (χ1v) is 18.3. The maximum absolute atomic E-state index is 3.60. The molecule has 0 spiro atoms. The molecule has 0 heterocycles. The third-order valence-electron chi connectivity index (χ3n) is 9.13. The Morgan fingerprint density at radius 1 is 0.317 bits per heavy atom. The van der Waals surface area contributed by atoms with Crippen LogP contribution in [0.1, 0.15) is 132 Å². The van der Waals surface area contributed by atoms with Gasteiger partial charge in [0.25, 0.3) is 0 Å². The summed E-state index contributed by atoms with van der Waals surface area (Å²) in [6.07, 6.45) is 16.4. The first kappa shape index (κ1) is 40.8. The minimum Gasteiger partial charge on any atom is -0.315 e. The van der Waals surface area contributed by atoms with Crippen LogP contribution < -0.4 is 26.6 Å². The van der Waals surface area contributed by atoms with Gasteiger partial charge in [0.15, 0.2) is 0 Å². The molecule has 0 aromatic carbocycles. The van der Waals surface area contributed by atoms with Crippen molar-refractivity contribution in [3.63, 3.8) is 0 Å². The third-order valence-corrected chi connectivity index (χ3v) is 9.13. The van der Waals surface area contributed by atoms with E-state index in [-0.39, 0.29) is 0 Å². The minimum atomic E-state index is 0.877. The first-order valence-electron chi connectivity index (χ1n) is 18.3. The maximum atomic E-state index is 3.60. The monoisotopic (exact) mass is 582 g/mol. The van der Waals surface area contributed by atoms with E-state index in [1.165, 1.54) is 77.0 Å². The summed E-state index contributed by atoms with van der Waals surface area (Å²) < 4.78 is 0. The van der Waals surface area contributed by atoms with Gasteiger partial charge in [-0.3, -0.25) is 0 Å². The largest absolute Gasteiger partial charge is 0.315 e. The second kappa shape index (κ2) is 29.9. The lowest BCUT2D eigenvalue weighted by Gasteiger charge is -2.20. The smallest absolute Gasteiger partial charge is 0.00772 e. The summed E-state index contributed by atoms with van der Waals surface area (Å²) in [7, 11) is 0. The fourth-order valence-electron chi connectivity index (χ4n) is 6.33. The van der Waals surface area contributed by atoms with Crippen LogP contribution in [0, 0.1) is 35.5 Å². The molecule has 0 saturated heterocycles. The molecule has 0 aromatic rings. The standard InChI is InChI=1S/C36H79N5/c1-9-31(3)27-35(7)29-33(5)15-11-13-17-37-19-21-39-23-25-41-26-24-40-22-20-38-18-14-12-16-34(6)30-36(8)28-32(4)10-2/h31-41H,9-30H2,1-8H3. The molecule has 0 bridgehead atoms. The van der Waals surface area contributed by atoms with Crippen molar-refractivity contribution in [2.24, 2.45) is 35.5 Å². The van der Waals surface area contributed by atoms with Crippen molar-refractivity contribution >= 4 is 0 Å². The Bertz CT molecular complexity index is 472. The van der Waals surface area contributed by atoms with Gasteiger partial charge < -0.3 is 26.6 Å². The van der Waals surface area contributed by atoms with Gasteiger partial charge in [-0.15, -0.1) is 0 Å². The SMILES string of the molecule is CCC(C)CC(C)CC(C)CCCCNCCNCCNCCNCCNCCCCC(C)CC(C)CC(C)CC. The van der Waals surface area contributed by atoms with Crippen LogP contribution in [-0.2, 0) is 0 Å². The lowest BCUT2D eigenvalue weighted by molar-refractivity contribution is 0.324. The summed E-state index contributed by atoms with van der Waals surface area (Å²) in [5.41, 5.74) is 0. The second-order valence-electron chi connectivity index (χ2n) is 14.1. The predicted molar refractivity (Wildman–Crippen MR) is 186 cm³/mol. The molecule has 0 aliphatic heterocycles. The van der Waals surface area contributed by atoms with Crippen LogP contribution in [0.3, 0.4) is 0 Å². The molecule has 5 nitrogen and oxygen atoms in total. The van der Waals surface area contributed by atoms with Crippen molar-refractivity contribution in [3.8, 4) is 0 Å². The summed E-state index contributed by atoms with van der Waals surface area (Å²) in [6, 6.07) is 0. The van der Waals surface area contributed by atoms with E-state index in [0.717, 1.165) is 101 Å². The highest BCUT2D eigenvalue weighted by molar-refractivity contribution is 4.65. The summed E-state index contributed by atoms with van der Waals surface area (Å²) >= 11 is 0. The summed E-state index contributed by atoms with van der Waals surface area (Å²) in [4.78, 5) is 0. The molecule has 41 heavy (non-hydrogen) atoms. The molecule has 0 amide bonds. The molecular formula is C36H79N5. The van der Waals surface area contributed by atoms with Crippen LogP contribution in [-0.4, -0.2) is 65.4 Å². The van der Waals surface area contributed by atoms with E-state index >= 15 is 0 Å². The maximum Gasteiger partial charge on any atom is 0.00772 e. The van der Waals surface area contributed by atoms with Gasteiger partial charge in [0.2, 0.25) is 0 Å². The molecule has 0 aliphatic rings. The molecular weight excluding hydrogens is 502 g/mol. The lowest BCUT2D eigenvalue weighted by atomic mass is 9.87. The predicted octanol–water partition coefficient (Wildman–Crippen LogP) is 7.47. The Morgan fingerprint density at radius 3 is 0.878 bits per heavy atom. The molecule has 0 fully saturated rings. The number of rotatable bonds is 32. The molecule has 6 unspecified atom stereocenters. The van der Waals surface area contributed by atoms with Crippen LogP contribution in [0.25, 0.3) is 0 Å². The Balaban J connectivity index is 3.28. The highest BCUT2D eigenvalue weighted by Gasteiger charge is 2.12. The van der Waals surface area contributed by atoms with E-state index in [0.29, 0.717) is 0 Å². The van der Waals surface area contributed by atoms with E-state index in [4.69, 9.17) is 0 Å². The highest BCUT2D eigenvalue weighted by Crippen LogP contribution is 2.25. The van der Waals surface area contributed by atoms with Gasteiger partial charge in [-0.25, -0.2) is 0 Å². The van der Waals surface area contributed by atoms with Gasteiger partial charge >= 0.3 is 0 Å². The van der Waals surface area contributed by atoms with E-state index in [2.05, 4.69) is 82.0 Å². The molecule has 248 valence electrons. The fourth-order valence-corrected chi connectivity index (χ4v) is 6.33. The van der Waals surface area contributed by atoms with Crippen LogP contribution in [0.15, 0.2) is 0 Å². The van der Waals surface area contributed by atoms with Crippen LogP contribution in [0.2, 0.25) is 0 Å². The van der Waals surface area contributed by atoms with Crippen LogP contribution in [0.4, 0.5) is 0 Å². The molecule has 0 rings (SSSR count). The minimum absolute atomic E-state index is 0.877. The van der Waals surface area contributed by atoms with Gasteiger partial charge in [-0.05, 0) is 87.1 Å². The number of hydrogen-bond donors (Lipinski definition) is 5. The van der Waals surface area contributed by atoms with Crippen molar-refractivity contribution in [1.82, 2.24) is 26.6 Å². The van der Waals surface area contributed by atoms with E-state index in [1.807, 2.05) is 0 Å². The Hall–Kier alpha value is -0.200. The van der Waals surface area contributed by atoms with Crippen molar-refractivity contribution < 1.29 is 0 Å². The zero-order chi connectivity index (χ0) is 30.6. The van der Waals surface area contributed by atoms with E-state index in [9.17, 15) is 0 Å². The van der Waals surface area contributed by atoms with Crippen molar-refractivity contribution in [3.05, 3.63) is 0 Å². The molecule has 0 radical (unpaired) electrons. The Morgan fingerprint density at radius 2 is 0.585 bits per heavy atom. The molecule has 5 N–H and O–H groups in total. The normalized spacial score (nSPS) is 16.4. The zero-order valence-electron chi connectivity index (χ0n) is 29.5. The third kappa shape index (κ3) is 29.6. The molecule has 0 aliphatic carbocycles. The van der Waals surface area contributed by atoms with Gasteiger partial charge in [-0.1, -0.05) is 93.9 Å². The highest BCUT2D eigenvalue weighted by atomic mass is 15.0. The summed E-state index contributed by atoms with van der Waals surface area (Å²) in [5, 5.41) is 17.8. The molecule has 5 heteroatoms. The van der Waals surface area contributed by atoms with Crippen molar-refractivity contribution in [1.29, 1.82) is 0 Å². The van der Waals surface area contributed by atoms with E-state index in [1.54, 1.807) is 0 Å². The average Bonchev–Trinajstić information content (AvgIpc) is 2.93. The average molecular weight is 582 g/mol. The summed E-state index contributed by atoms with van der Waals surface area (Å²) in [6.45, 7) is 30.0. The Kier molecular flexibility index (Phi) is 29.7. The molecule has 0 aromatic heterocycles. The fraction of sp³-hybridized carbons (Fsp3) is 1.00. The quantitative estimate of drug-likeness (QED) is 0.0534. The van der Waals surface area contributed by atoms with Crippen LogP contribution >= 0.6 is 0 Å². The Labute approximate surface area is 259 Å². The first-order chi connectivity index (χ1) is 19.8. The zero-order valence-corrected chi connectivity index (χ0v) is 29.5. The second-order valence-corrected chi connectivity index (χ2v) is 14.1. The van der Waals surface area contributed by atoms with Crippen molar-refractivity contribution in [2.75, 3.05) is 65.4 Å². The van der Waals surface area contributed by atoms with Gasteiger partial charge in [0.1, 0.15) is 0 Å². The van der Waals surface area contributed by atoms with Crippen LogP contribution in [0.5, 0.6) is 0 Å². The number of hydrogen-bond acceptors (Lipinski definition) is 5. The lowest BCUT2D eigenvalue weighted by Crippen LogP contribution is -2.36. The molecule has 0 saturated carbocycles. The number of nitrogens with one attached hydrogen (secondary N) is 5. The van der Waals surface area contributed by atoms with Gasteiger partial charge in [0.05, 0.1) is 0 Å². The molecule has 6 atom stereocenters. The summed E-state index contributed by atoms with van der Waals surface area (Å²) in [5.74, 6) is 5.29. The van der Waals surface area contributed by atoms with Gasteiger partial charge in [0, 0.05) is 52.4 Å². The van der Waals surface area contributed by atoms with Gasteiger partial charge in [-0.2, -0.15) is 0 Å². The van der Waals surface area contributed by atoms with E-state index < -0.39 is 0 Å². The number of unbranched alkanes of at least 4 members (excludes halogenated alkanes) is 2. The van der Waals surface area contributed by atoms with Crippen molar-refractivity contribution in [2.45, 2.75) is 132 Å². The topological polar surface area (TPSA) is 60.1 Å².